The summed E-state index contributed by atoms with van der Waals surface area (Å²) in [5.41, 5.74) is -0.182. The lowest BCUT2D eigenvalue weighted by Gasteiger charge is -2.42. The molecule has 0 saturated carbocycles. The van der Waals surface area contributed by atoms with Crippen LogP contribution < -0.4 is 0 Å². The van der Waals surface area contributed by atoms with Crippen molar-refractivity contribution in [2.24, 2.45) is 5.41 Å². The molecular formula is C8H16IO4P. The fourth-order valence-electron chi connectivity index (χ4n) is 1.24. The summed E-state index contributed by atoms with van der Waals surface area (Å²) in [6.07, 6.45) is 0. The van der Waals surface area contributed by atoms with E-state index in [1.807, 2.05) is 36.9 Å². The second-order valence-electron chi connectivity index (χ2n) is 4.04. The van der Waals surface area contributed by atoms with Crippen molar-refractivity contribution >= 4 is 32.5 Å². The number of ether oxygens (including phenoxy) is 2. The van der Waals surface area contributed by atoms with Gasteiger partial charge in [-0.15, -0.1) is 0 Å². The molecule has 0 radical (unpaired) electrons. The number of rotatable bonds is 4. The highest BCUT2D eigenvalue weighted by atomic mass is 127. The smallest absolute Gasteiger partial charge is 0.162 e. The molecule has 6 heteroatoms. The van der Waals surface area contributed by atoms with Crippen LogP contribution in [0.5, 0.6) is 0 Å². The molecule has 1 atom stereocenters. The lowest BCUT2D eigenvalue weighted by molar-refractivity contribution is -0.291. The van der Waals surface area contributed by atoms with Crippen molar-refractivity contribution in [3.05, 3.63) is 0 Å². The Morgan fingerprint density at radius 1 is 1.29 bits per heavy atom. The molecule has 1 unspecified atom stereocenters. The third-order valence-electron chi connectivity index (χ3n) is 2.20. The largest absolute Gasteiger partial charge is 0.365 e. The van der Waals surface area contributed by atoms with E-state index in [2.05, 4.69) is 9.47 Å². The first-order valence-corrected chi connectivity index (χ1v) is 5.72. The fourth-order valence-corrected chi connectivity index (χ4v) is 2.25. The fraction of sp³-hybridized carbons (Fsp3) is 1.00. The summed E-state index contributed by atoms with van der Waals surface area (Å²) in [7, 11) is 2.24. The molecule has 1 aliphatic rings. The summed E-state index contributed by atoms with van der Waals surface area (Å²) in [6.45, 7) is 6.12. The molecule has 1 saturated heterocycles. The van der Waals surface area contributed by atoms with E-state index in [0.717, 1.165) is 0 Å². The van der Waals surface area contributed by atoms with Crippen molar-refractivity contribution in [1.29, 1.82) is 0 Å². The van der Waals surface area contributed by atoms with Gasteiger partial charge >= 0.3 is 0 Å². The van der Waals surface area contributed by atoms with Gasteiger partial charge in [0.25, 0.3) is 0 Å². The molecule has 0 N–H and O–H groups in total. The minimum Gasteiger partial charge on any atom is -0.365 e. The molecule has 0 amide bonds. The Morgan fingerprint density at radius 3 is 2.29 bits per heavy atom. The Bertz CT molecular complexity index is 170. The minimum absolute atomic E-state index is 0.182. The van der Waals surface area contributed by atoms with Crippen molar-refractivity contribution in [3.63, 3.8) is 0 Å². The van der Waals surface area contributed by atoms with Crippen LogP contribution in [0.25, 0.3) is 0 Å². The topological polar surface area (TPSA) is 36.9 Å². The number of hydrogen-bond donors (Lipinski definition) is 0. The van der Waals surface area contributed by atoms with Gasteiger partial charge in [-0.3, -0.25) is 0 Å². The molecule has 0 aromatic carbocycles. The highest BCUT2D eigenvalue weighted by Gasteiger charge is 2.40. The van der Waals surface area contributed by atoms with E-state index in [4.69, 9.17) is 17.1 Å². The summed E-state index contributed by atoms with van der Waals surface area (Å²) >= 11 is 1.87. The standard InChI is InChI=1S/C8H16IO4P/c1-7(2)10-3-8(4-11-7,5-12-9)6-13-14/h3-6,14H2,1-2H3. The Morgan fingerprint density at radius 2 is 1.86 bits per heavy atom. The van der Waals surface area contributed by atoms with Gasteiger partial charge in [0.2, 0.25) is 0 Å². The van der Waals surface area contributed by atoms with Crippen molar-refractivity contribution in [1.82, 2.24) is 0 Å². The van der Waals surface area contributed by atoms with Crippen molar-refractivity contribution < 1.29 is 17.1 Å². The second-order valence-corrected chi connectivity index (χ2v) is 5.00. The van der Waals surface area contributed by atoms with Crippen LogP contribution in [0.2, 0.25) is 0 Å². The Hall–Kier alpha value is 1.00. The predicted molar refractivity (Wildman–Crippen MR) is 64.1 cm³/mol. The third-order valence-corrected chi connectivity index (χ3v) is 2.68. The summed E-state index contributed by atoms with van der Waals surface area (Å²) < 4.78 is 21.4. The highest BCUT2D eigenvalue weighted by molar-refractivity contribution is 14.1. The monoisotopic (exact) mass is 334 g/mol. The second kappa shape index (κ2) is 5.37. The molecule has 1 aliphatic heterocycles. The SMILES string of the molecule is CC1(C)OCC(COP)(COI)CO1. The van der Waals surface area contributed by atoms with Crippen molar-refractivity contribution in [3.8, 4) is 0 Å². The first kappa shape index (κ1) is 13.1. The lowest BCUT2D eigenvalue weighted by atomic mass is 9.91. The number of hydrogen-bond acceptors (Lipinski definition) is 4. The molecule has 1 rings (SSSR count). The van der Waals surface area contributed by atoms with Crippen LogP contribution in [-0.4, -0.2) is 32.2 Å². The van der Waals surface area contributed by atoms with E-state index in [1.54, 1.807) is 0 Å². The maximum absolute atomic E-state index is 5.59. The summed E-state index contributed by atoms with van der Waals surface area (Å²) in [5.74, 6) is -0.490. The van der Waals surface area contributed by atoms with Crippen LogP contribution in [0, 0.1) is 5.41 Å². The molecule has 0 bridgehead atoms. The van der Waals surface area contributed by atoms with Gasteiger partial charge in [-0.2, -0.15) is 0 Å². The zero-order valence-corrected chi connectivity index (χ0v) is 11.7. The van der Waals surface area contributed by atoms with Gasteiger partial charge in [0.15, 0.2) is 5.79 Å². The van der Waals surface area contributed by atoms with Gasteiger partial charge in [-0.1, -0.05) is 0 Å². The molecular weight excluding hydrogens is 318 g/mol. The molecule has 0 aliphatic carbocycles. The third kappa shape index (κ3) is 3.54. The molecule has 1 heterocycles. The first-order chi connectivity index (χ1) is 6.54. The van der Waals surface area contributed by atoms with Gasteiger partial charge in [-0.25, -0.2) is 0 Å². The van der Waals surface area contributed by atoms with Crippen LogP contribution in [0.3, 0.4) is 0 Å². The van der Waals surface area contributed by atoms with Crippen LogP contribution in [0.4, 0.5) is 0 Å². The van der Waals surface area contributed by atoms with Gasteiger partial charge in [0, 0.05) is 9.47 Å². The van der Waals surface area contributed by atoms with E-state index in [1.165, 1.54) is 0 Å². The summed E-state index contributed by atoms with van der Waals surface area (Å²) in [4.78, 5) is 0. The maximum Gasteiger partial charge on any atom is 0.162 e. The molecule has 1 fully saturated rings. The minimum atomic E-state index is -0.490. The Labute approximate surface area is 101 Å². The molecule has 0 aromatic heterocycles. The predicted octanol–water partition coefficient (Wildman–Crippen LogP) is 1.93. The summed E-state index contributed by atoms with van der Waals surface area (Å²) in [6, 6.07) is 0. The van der Waals surface area contributed by atoms with E-state index < -0.39 is 5.79 Å². The van der Waals surface area contributed by atoms with E-state index in [-0.39, 0.29) is 5.41 Å². The van der Waals surface area contributed by atoms with Gasteiger partial charge in [0.1, 0.15) is 23.0 Å². The van der Waals surface area contributed by atoms with E-state index in [9.17, 15) is 0 Å². The van der Waals surface area contributed by atoms with Crippen LogP contribution in [0.1, 0.15) is 13.8 Å². The Kier molecular flexibility index (Phi) is 5.01. The van der Waals surface area contributed by atoms with E-state index in [0.29, 0.717) is 26.4 Å². The normalized spacial score (nSPS) is 24.9. The average Bonchev–Trinajstić information content (AvgIpc) is 2.12. The molecule has 0 spiro atoms. The maximum atomic E-state index is 5.59. The summed E-state index contributed by atoms with van der Waals surface area (Å²) in [5, 5.41) is 0. The van der Waals surface area contributed by atoms with Gasteiger partial charge in [-0.05, 0) is 13.8 Å². The van der Waals surface area contributed by atoms with Gasteiger partial charge in [0.05, 0.1) is 31.8 Å². The van der Waals surface area contributed by atoms with Crippen LogP contribution in [-0.2, 0) is 17.1 Å². The molecule has 84 valence electrons. The Balaban J connectivity index is 2.54. The van der Waals surface area contributed by atoms with E-state index >= 15 is 0 Å². The zero-order valence-electron chi connectivity index (χ0n) is 8.42. The lowest BCUT2D eigenvalue weighted by Crippen LogP contribution is -2.50. The quantitative estimate of drug-likeness (QED) is 0.582. The van der Waals surface area contributed by atoms with Crippen molar-refractivity contribution in [2.75, 3.05) is 26.4 Å². The average molecular weight is 334 g/mol. The molecule has 4 nitrogen and oxygen atoms in total. The molecule has 14 heavy (non-hydrogen) atoms. The number of halogens is 1. The van der Waals surface area contributed by atoms with Crippen molar-refractivity contribution in [2.45, 2.75) is 19.6 Å². The first-order valence-electron chi connectivity index (χ1n) is 4.37. The zero-order chi connectivity index (χ0) is 10.7. The van der Waals surface area contributed by atoms with Crippen LogP contribution >= 0.6 is 32.5 Å². The van der Waals surface area contributed by atoms with Crippen LogP contribution in [0.15, 0.2) is 0 Å². The molecule has 0 aromatic rings. The highest BCUT2D eigenvalue weighted by Crippen LogP contribution is 2.31. The van der Waals surface area contributed by atoms with Gasteiger partial charge < -0.3 is 17.1 Å².